The number of thioether (sulfide) groups is 1. The lowest BCUT2D eigenvalue weighted by molar-refractivity contribution is -0.150. The van der Waals surface area contributed by atoms with Crippen molar-refractivity contribution in [3.63, 3.8) is 0 Å². The Morgan fingerprint density at radius 2 is 2.50 bits per heavy atom. The molecule has 72 valence electrons. The minimum atomic E-state index is -0.393. The van der Waals surface area contributed by atoms with E-state index in [4.69, 9.17) is 10.9 Å². The first-order chi connectivity index (χ1) is 5.70. The zero-order valence-electron chi connectivity index (χ0n) is 6.95. The van der Waals surface area contributed by atoms with Gasteiger partial charge in [-0.1, -0.05) is 12.5 Å². The van der Waals surface area contributed by atoms with Gasteiger partial charge >= 0.3 is 5.97 Å². The number of carbonyl (C=O) groups excluding carboxylic acids is 1. The number of carbonyl (C=O) groups is 1. The lowest BCUT2D eigenvalue weighted by atomic mass is 10.5. The highest BCUT2D eigenvalue weighted by molar-refractivity contribution is 7.99. The van der Waals surface area contributed by atoms with Gasteiger partial charge in [0.25, 0.3) is 0 Å². The van der Waals surface area contributed by atoms with Crippen molar-refractivity contribution in [2.45, 2.75) is 18.6 Å². The monoisotopic (exact) mass is 194 g/mol. The topological polar surface area (TPSA) is 84.6 Å². The van der Waals surface area contributed by atoms with Crippen LogP contribution in [0.3, 0.4) is 0 Å². The van der Waals surface area contributed by atoms with Crippen LogP contribution >= 0.6 is 11.8 Å². The summed E-state index contributed by atoms with van der Waals surface area (Å²) in [5.41, 5.74) is 1.81. The van der Waals surface area contributed by atoms with Gasteiger partial charge in [0.05, 0.1) is 13.0 Å². The standard InChI is InChI=1S/C6H14N2O3S/c1-5(4-9)12-3-2-6(10)11-8-7/h5,8-9H,2-4,7H2,1H3. The van der Waals surface area contributed by atoms with E-state index in [1.54, 1.807) is 0 Å². The average Bonchev–Trinajstić information content (AvgIpc) is 2.04. The van der Waals surface area contributed by atoms with Crippen LogP contribution in [0.4, 0.5) is 0 Å². The first-order valence-corrected chi connectivity index (χ1v) is 4.63. The highest BCUT2D eigenvalue weighted by Gasteiger charge is 2.04. The van der Waals surface area contributed by atoms with Crippen molar-refractivity contribution in [1.82, 2.24) is 5.59 Å². The molecule has 0 aliphatic rings. The second-order valence-electron chi connectivity index (χ2n) is 2.21. The molecule has 0 aliphatic carbocycles. The fourth-order valence-corrected chi connectivity index (χ4v) is 1.31. The molecule has 0 amide bonds. The summed E-state index contributed by atoms with van der Waals surface area (Å²) < 4.78 is 0. The summed E-state index contributed by atoms with van der Waals surface area (Å²) in [5, 5.41) is 8.79. The summed E-state index contributed by atoms with van der Waals surface area (Å²) in [5.74, 6) is 4.98. The van der Waals surface area contributed by atoms with E-state index in [1.165, 1.54) is 11.8 Å². The van der Waals surface area contributed by atoms with Gasteiger partial charge in [-0.2, -0.15) is 11.8 Å². The lowest BCUT2D eigenvalue weighted by Crippen LogP contribution is -2.26. The number of aliphatic hydroxyl groups is 1. The van der Waals surface area contributed by atoms with E-state index >= 15 is 0 Å². The highest BCUT2D eigenvalue weighted by atomic mass is 32.2. The molecule has 0 spiro atoms. The van der Waals surface area contributed by atoms with E-state index in [2.05, 4.69) is 4.84 Å². The van der Waals surface area contributed by atoms with Crippen molar-refractivity contribution >= 4 is 17.7 Å². The van der Waals surface area contributed by atoms with Gasteiger partial charge in [-0.15, -0.1) is 0 Å². The number of nitrogens with one attached hydrogen (secondary N) is 1. The summed E-state index contributed by atoms with van der Waals surface area (Å²) in [7, 11) is 0. The maximum atomic E-state index is 10.7. The molecule has 0 aliphatic heterocycles. The van der Waals surface area contributed by atoms with Gasteiger partial charge in [-0.05, 0) is 0 Å². The average molecular weight is 194 g/mol. The Kier molecular flexibility index (Phi) is 7.17. The minimum absolute atomic E-state index is 0.120. The normalized spacial score (nSPS) is 12.6. The molecule has 0 radical (unpaired) electrons. The molecule has 0 aromatic heterocycles. The Balaban J connectivity index is 3.24. The molecule has 0 bridgehead atoms. The molecule has 4 N–H and O–H groups in total. The van der Waals surface area contributed by atoms with Crippen LogP contribution in [0.2, 0.25) is 0 Å². The molecule has 0 fully saturated rings. The van der Waals surface area contributed by atoms with Gasteiger partial charge in [0.15, 0.2) is 0 Å². The van der Waals surface area contributed by atoms with Gasteiger partial charge in [0.2, 0.25) is 0 Å². The van der Waals surface area contributed by atoms with Crippen LogP contribution in [0.25, 0.3) is 0 Å². The molecule has 0 saturated carbocycles. The Hall–Kier alpha value is -0.300. The van der Waals surface area contributed by atoms with Gasteiger partial charge in [-0.25, -0.2) is 5.84 Å². The SMILES string of the molecule is CC(CO)SCCC(=O)ONN. The Morgan fingerprint density at radius 3 is 3.00 bits per heavy atom. The highest BCUT2D eigenvalue weighted by Crippen LogP contribution is 2.10. The fraction of sp³-hybridized carbons (Fsp3) is 0.833. The van der Waals surface area contributed by atoms with Crippen LogP contribution in [0.1, 0.15) is 13.3 Å². The van der Waals surface area contributed by atoms with E-state index in [9.17, 15) is 4.79 Å². The van der Waals surface area contributed by atoms with Gasteiger partial charge in [0.1, 0.15) is 0 Å². The van der Waals surface area contributed by atoms with Crippen molar-refractivity contribution in [2.75, 3.05) is 12.4 Å². The van der Waals surface area contributed by atoms with Crippen LogP contribution in [0.5, 0.6) is 0 Å². The first-order valence-electron chi connectivity index (χ1n) is 3.58. The zero-order valence-corrected chi connectivity index (χ0v) is 7.76. The third kappa shape index (κ3) is 6.41. The minimum Gasteiger partial charge on any atom is -0.395 e. The summed E-state index contributed by atoms with van der Waals surface area (Å²) in [6.07, 6.45) is 0.291. The molecular weight excluding hydrogens is 180 g/mol. The van der Waals surface area contributed by atoms with E-state index in [-0.39, 0.29) is 11.9 Å². The number of rotatable bonds is 6. The summed E-state index contributed by atoms with van der Waals surface area (Å²) >= 11 is 1.51. The lowest BCUT2D eigenvalue weighted by Gasteiger charge is -2.06. The maximum absolute atomic E-state index is 10.7. The van der Waals surface area contributed by atoms with Crippen LogP contribution < -0.4 is 11.4 Å². The number of hydrazine groups is 1. The molecule has 1 unspecified atom stereocenters. The van der Waals surface area contributed by atoms with Crippen molar-refractivity contribution in [3.05, 3.63) is 0 Å². The summed E-state index contributed by atoms with van der Waals surface area (Å²) in [6, 6.07) is 0. The second-order valence-corrected chi connectivity index (χ2v) is 3.75. The third-order valence-corrected chi connectivity index (χ3v) is 2.30. The molecule has 12 heavy (non-hydrogen) atoms. The smallest absolute Gasteiger partial charge is 0.327 e. The molecule has 0 heterocycles. The summed E-state index contributed by atoms with van der Waals surface area (Å²) in [4.78, 5) is 14.9. The first kappa shape index (κ1) is 11.7. The Morgan fingerprint density at radius 1 is 1.83 bits per heavy atom. The van der Waals surface area contributed by atoms with E-state index in [0.29, 0.717) is 12.2 Å². The van der Waals surface area contributed by atoms with Gasteiger partial charge < -0.3 is 9.94 Å². The number of hydrogen-bond acceptors (Lipinski definition) is 6. The molecule has 1 atom stereocenters. The van der Waals surface area contributed by atoms with E-state index in [1.807, 2.05) is 12.5 Å². The van der Waals surface area contributed by atoms with Gasteiger partial charge in [0, 0.05) is 11.0 Å². The van der Waals surface area contributed by atoms with Crippen LogP contribution in [0, 0.1) is 0 Å². The van der Waals surface area contributed by atoms with Crippen molar-refractivity contribution in [2.24, 2.45) is 5.84 Å². The predicted octanol–water partition coefficient (Wildman–Crippen LogP) is -0.588. The fourth-order valence-electron chi connectivity index (χ4n) is 0.513. The van der Waals surface area contributed by atoms with Crippen LogP contribution in [0.15, 0.2) is 0 Å². The molecular formula is C6H14N2O3S. The maximum Gasteiger partial charge on any atom is 0.327 e. The largest absolute Gasteiger partial charge is 0.395 e. The van der Waals surface area contributed by atoms with E-state index in [0.717, 1.165) is 0 Å². The number of hydrogen-bond donors (Lipinski definition) is 3. The van der Waals surface area contributed by atoms with Crippen LogP contribution in [-0.4, -0.2) is 28.7 Å². The Bertz CT molecular complexity index is 134. The summed E-state index contributed by atoms with van der Waals surface area (Å²) in [6.45, 7) is 2.01. The number of nitrogens with two attached hydrogens (primary N) is 1. The van der Waals surface area contributed by atoms with Crippen LogP contribution in [-0.2, 0) is 9.63 Å². The molecule has 6 heteroatoms. The number of aliphatic hydroxyl groups excluding tert-OH is 1. The zero-order chi connectivity index (χ0) is 9.40. The third-order valence-electron chi connectivity index (χ3n) is 1.14. The molecule has 0 aromatic rings. The molecule has 0 rings (SSSR count). The molecule has 5 nitrogen and oxygen atoms in total. The van der Waals surface area contributed by atoms with E-state index < -0.39 is 5.97 Å². The predicted molar refractivity (Wildman–Crippen MR) is 47.0 cm³/mol. The molecule has 0 saturated heterocycles. The van der Waals surface area contributed by atoms with Crippen molar-refractivity contribution in [1.29, 1.82) is 0 Å². The Labute approximate surface area is 75.6 Å². The van der Waals surface area contributed by atoms with Gasteiger partial charge in [-0.3, -0.25) is 4.79 Å². The molecule has 0 aromatic carbocycles. The van der Waals surface area contributed by atoms with Crippen molar-refractivity contribution in [3.8, 4) is 0 Å². The quantitative estimate of drug-likeness (QED) is 0.387. The second kappa shape index (κ2) is 7.35. The van der Waals surface area contributed by atoms with Crippen molar-refractivity contribution < 1.29 is 14.7 Å².